The third-order valence-electron chi connectivity index (χ3n) is 0.167. The number of thiol groups is 2. The summed E-state index contributed by atoms with van der Waals surface area (Å²) >= 11 is 15.3. The summed E-state index contributed by atoms with van der Waals surface area (Å²) < 4.78 is 0.389. The quantitative estimate of drug-likeness (QED) is 0.207. The number of rotatable bonds is 1. The summed E-state index contributed by atoms with van der Waals surface area (Å²) in [6.07, 6.45) is 0. The maximum absolute atomic E-state index is 4.90. The van der Waals surface area contributed by atoms with Crippen LogP contribution in [-0.2, 0) is 36.5 Å². The van der Waals surface area contributed by atoms with Gasteiger partial charge in [0, 0.05) is 49.6 Å². The fourth-order valence-corrected chi connectivity index (χ4v) is 0. The van der Waals surface area contributed by atoms with Crippen molar-refractivity contribution in [3.63, 3.8) is 0 Å². The second kappa shape index (κ2) is 29.3. The van der Waals surface area contributed by atoms with Crippen molar-refractivity contribution in [1.29, 1.82) is 0 Å². The molecule has 83 valence electrons. The van der Waals surface area contributed by atoms with Gasteiger partial charge >= 0.3 is 0 Å². The van der Waals surface area contributed by atoms with E-state index in [1.807, 2.05) is 0 Å². The van der Waals surface area contributed by atoms with Crippen molar-refractivity contribution in [1.82, 2.24) is 0 Å². The summed E-state index contributed by atoms with van der Waals surface area (Å²) in [7, 11) is 0. The summed E-state index contributed by atoms with van der Waals surface area (Å²) in [4.78, 5) is 0. The molecule has 10 heteroatoms. The van der Waals surface area contributed by atoms with Gasteiger partial charge in [-0.3, -0.25) is 0 Å². The molecule has 8 N–H and O–H groups in total. The number of nitrogens with two attached hydrogens (primary N) is 4. The molecule has 0 saturated heterocycles. The molecule has 0 amide bonds. The van der Waals surface area contributed by atoms with Crippen molar-refractivity contribution in [3.05, 3.63) is 0 Å². The molecule has 0 spiro atoms. The van der Waals surface area contributed by atoms with E-state index >= 15 is 0 Å². The van der Waals surface area contributed by atoms with Gasteiger partial charge < -0.3 is 22.9 Å². The zero-order valence-corrected chi connectivity index (χ0v) is 15.1. The monoisotopic (exact) mass is 365 g/mol. The fourth-order valence-electron chi connectivity index (χ4n) is 0. The van der Waals surface area contributed by atoms with Gasteiger partial charge in [-0.1, -0.05) is 24.4 Å². The smallest absolute Gasteiger partial charge is 0.128 e. The molecule has 0 aromatic rings. The minimum absolute atomic E-state index is 0. The van der Waals surface area contributed by atoms with E-state index in [-0.39, 0.29) is 45.2 Å². The van der Waals surface area contributed by atoms with Crippen LogP contribution in [0, 0.1) is 0 Å². The first-order valence-corrected chi connectivity index (χ1v) is 4.46. The maximum Gasteiger partial charge on any atom is 0.128 e. The van der Waals surface area contributed by atoms with Crippen LogP contribution in [0.5, 0.6) is 0 Å². The Morgan fingerprint density at radius 2 is 1.00 bits per heavy atom. The predicted molar refractivity (Wildman–Crippen MR) is 69.7 cm³/mol. The Hall–Kier alpha value is 1.54. The van der Waals surface area contributed by atoms with Gasteiger partial charge in [0.2, 0.25) is 0 Å². The second-order valence-electron chi connectivity index (χ2n) is 1.25. The predicted octanol–water partition coefficient (Wildman–Crippen LogP) is -0.782. The van der Waals surface area contributed by atoms with Crippen molar-refractivity contribution in [2.75, 3.05) is 13.1 Å². The van der Waals surface area contributed by atoms with E-state index < -0.39 is 0 Å². The molecule has 0 fully saturated rings. The Morgan fingerprint density at radius 3 is 1.00 bits per heavy atom. The van der Waals surface area contributed by atoms with Crippen LogP contribution >= 0.6 is 49.7 Å². The minimum Gasteiger partial charge on any atom is -0.385 e. The Kier molecular flexibility index (Phi) is 61.9. The number of hydrogen-bond donors (Lipinski definition) is 6. The molecule has 0 bridgehead atoms. The summed E-state index contributed by atoms with van der Waals surface area (Å²) in [6, 6.07) is 0. The Labute approximate surface area is 130 Å². The molecule has 0 aromatic heterocycles. The van der Waals surface area contributed by atoms with E-state index in [9.17, 15) is 0 Å². The molecule has 0 unspecified atom stereocenters. The van der Waals surface area contributed by atoms with E-state index in [0.29, 0.717) is 13.1 Å². The molecule has 1 radical (unpaired) electrons. The first-order valence-electron chi connectivity index (χ1n) is 2.75. The van der Waals surface area contributed by atoms with Gasteiger partial charge in [-0.2, -0.15) is 0 Å². The average molecular weight is 367 g/mol. The summed E-state index contributed by atoms with van der Waals surface area (Å²) in [5.41, 5.74) is 19.2. The van der Waals surface area contributed by atoms with Gasteiger partial charge in [-0.05, 0) is 0 Å². The minimum atomic E-state index is 0. The molecule has 0 aliphatic carbocycles. The van der Waals surface area contributed by atoms with Crippen LogP contribution in [-0.4, -0.2) is 21.7 Å². The van der Waals surface area contributed by atoms with E-state index in [0.717, 1.165) is 0 Å². The summed E-state index contributed by atoms with van der Waals surface area (Å²) in [5, 5.41) is 0. The summed E-state index contributed by atoms with van der Waals surface area (Å²) in [5.74, 6) is 0. The van der Waals surface area contributed by atoms with Crippen LogP contribution in [0.25, 0.3) is 0 Å². The van der Waals surface area contributed by atoms with Gasteiger partial charge in [-0.15, -0.1) is 25.3 Å². The Morgan fingerprint density at radius 1 is 0.929 bits per heavy atom. The maximum atomic E-state index is 4.90. The molecule has 0 rings (SSSR count). The largest absolute Gasteiger partial charge is 0.385 e. The molecule has 0 saturated carbocycles. The Bertz CT molecular complexity index is 106. The van der Waals surface area contributed by atoms with E-state index in [1.54, 1.807) is 0 Å². The van der Waals surface area contributed by atoms with Gasteiger partial charge in [-0.25, -0.2) is 0 Å². The molecular weight excluding hydrogens is 353 g/mol. The van der Waals surface area contributed by atoms with E-state index in [4.69, 9.17) is 22.9 Å². The summed E-state index contributed by atoms with van der Waals surface area (Å²) in [6.45, 7) is 1.19. The van der Waals surface area contributed by atoms with Crippen molar-refractivity contribution in [2.24, 2.45) is 22.9 Å². The van der Waals surface area contributed by atoms with Crippen molar-refractivity contribution in [3.8, 4) is 0 Å². The van der Waals surface area contributed by atoms with Crippen molar-refractivity contribution < 1.29 is 36.5 Å². The first kappa shape index (κ1) is 29.6. The van der Waals surface area contributed by atoms with E-state index in [2.05, 4.69) is 49.7 Å². The molecule has 0 atom stereocenters. The SMILES string of the molecule is NC(=S)S.NC(=S)S.NCCN.[Mn].[Zn]. The average Bonchev–Trinajstić information content (AvgIpc) is 1.85. The van der Waals surface area contributed by atoms with E-state index in [1.165, 1.54) is 0 Å². The van der Waals surface area contributed by atoms with Gasteiger partial charge in [0.05, 0.1) is 0 Å². The topological polar surface area (TPSA) is 104 Å². The zero-order valence-electron chi connectivity index (χ0n) is 7.52. The molecule has 14 heavy (non-hydrogen) atoms. The van der Waals surface area contributed by atoms with Crippen molar-refractivity contribution >= 4 is 58.3 Å². The standard InChI is InChI=1S/C2H8N2.2CH3NS2.Mn.Zn/c3-1-2-4;2*2-1(3)4;;/h1-4H2;2*(H3,2,3,4);;. The number of hydrogen-bond acceptors (Lipinski definition) is 4. The zero-order chi connectivity index (χ0) is 10.6. The molecule has 0 aromatic carbocycles. The second-order valence-corrected chi connectivity index (χ2v) is 3.70. The van der Waals surface area contributed by atoms with Crippen LogP contribution in [0.15, 0.2) is 0 Å². The molecular formula is C4H14MnN4S4Zn. The third kappa shape index (κ3) is 330. The van der Waals surface area contributed by atoms with Gasteiger partial charge in [0.1, 0.15) is 8.64 Å². The third-order valence-corrected chi connectivity index (χ3v) is 0.167. The molecule has 4 nitrogen and oxygen atoms in total. The van der Waals surface area contributed by atoms with Crippen LogP contribution in [0.1, 0.15) is 0 Å². The van der Waals surface area contributed by atoms with Crippen molar-refractivity contribution in [2.45, 2.75) is 0 Å². The number of thiocarbonyl (C=S) groups is 2. The Balaban J connectivity index is -0.0000000270. The molecule has 0 heterocycles. The van der Waals surface area contributed by atoms with Crippen LogP contribution in [0.3, 0.4) is 0 Å². The normalized spacial score (nSPS) is 5.71. The van der Waals surface area contributed by atoms with Gasteiger partial charge in [0.25, 0.3) is 0 Å². The van der Waals surface area contributed by atoms with Gasteiger partial charge in [0.15, 0.2) is 0 Å². The first-order chi connectivity index (χ1) is 5.38. The molecule has 0 aliphatic rings. The van der Waals surface area contributed by atoms with Crippen LogP contribution in [0.4, 0.5) is 0 Å². The van der Waals surface area contributed by atoms with Crippen LogP contribution < -0.4 is 22.9 Å². The molecule has 0 aliphatic heterocycles. The fraction of sp³-hybridized carbons (Fsp3) is 0.500. The van der Waals surface area contributed by atoms with Crippen LogP contribution in [0.2, 0.25) is 0 Å².